The lowest BCUT2D eigenvalue weighted by Gasteiger charge is -2.13. The number of carboxylic acid groups (broad SMARTS) is 1. The molecule has 0 amide bonds. The largest absolute Gasteiger partial charge is 0.508 e. The lowest BCUT2D eigenvalue weighted by atomic mass is 10.0. The number of rotatable bonds is 8. The third kappa shape index (κ3) is 4.67. The predicted octanol–water partition coefficient (Wildman–Crippen LogP) is 4.19. The van der Waals surface area contributed by atoms with Crippen molar-refractivity contribution in [1.29, 1.82) is 0 Å². The molecule has 0 saturated heterocycles. The third-order valence-corrected chi connectivity index (χ3v) is 4.17. The first-order valence-electron chi connectivity index (χ1n) is 8.75. The minimum atomic E-state index is -0.808. The van der Waals surface area contributed by atoms with Gasteiger partial charge >= 0.3 is 11.6 Å². The normalized spacial score (nSPS) is 10.8. The number of carboxylic acids is 1. The van der Waals surface area contributed by atoms with Gasteiger partial charge in [-0.15, -0.1) is 0 Å². The maximum Gasteiger partial charge on any atom is 0.336 e. The van der Waals surface area contributed by atoms with Gasteiger partial charge in [0.25, 0.3) is 0 Å². The zero-order valence-electron chi connectivity index (χ0n) is 14.7. The Labute approximate surface area is 155 Å². The maximum atomic E-state index is 12.0. The van der Waals surface area contributed by atoms with E-state index in [0.717, 1.165) is 12.0 Å². The third-order valence-electron chi connectivity index (χ3n) is 4.17. The van der Waals surface area contributed by atoms with E-state index in [2.05, 4.69) is 0 Å². The SMILES string of the molecule is O=C(O)CCCCCOc1cc(O)cc2oc(=O)cc(-c3ccccc3)c12. The van der Waals surface area contributed by atoms with Crippen LogP contribution in [0.2, 0.25) is 0 Å². The van der Waals surface area contributed by atoms with Crippen LogP contribution in [-0.4, -0.2) is 22.8 Å². The van der Waals surface area contributed by atoms with Gasteiger partial charge in [0.05, 0.1) is 12.0 Å². The van der Waals surface area contributed by atoms with Crippen molar-refractivity contribution < 1.29 is 24.2 Å². The topological polar surface area (TPSA) is 97.0 Å². The smallest absolute Gasteiger partial charge is 0.336 e. The number of benzene rings is 2. The summed E-state index contributed by atoms with van der Waals surface area (Å²) in [5.41, 5.74) is 1.25. The van der Waals surface area contributed by atoms with Gasteiger partial charge in [-0.05, 0) is 24.8 Å². The first-order valence-corrected chi connectivity index (χ1v) is 8.75. The number of unbranched alkanes of at least 4 members (excludes halogenated alkanes) is 2. The van der Waals surface area contributed by atoms with Crippen LogP contribution in [0.3, 0.4) is 0 Å². The number of fused-ring (bicyclic) bond motifs is 1. The summed E-state index contributed by atoms with van der Waals surface area (Å²) in [6, 6.07) is 13.7. The van der Waals surface area contributed by atoms with E-state index in [-0.39, 0.29) is 17.8 Å². The number of aromatic hydroxyl groups is 1. The van der Waals surface area contributed by atoms with Crippen molar-refractivity contribution >= 4 is 16.9 Å². The fourth-order valence-electron chi connectivity index (χ4n) is 2.95. The van der Waals surface area contributed by atoms with Gasteiger partial charge in [0.1, 0.15) is 17.1 Å². The minimum Gasteiger partial charge on any atom is -0.508 e. The standard InChI is InChI=1S/C21H20O6/c22-15-11-17(26-10-6-2-5-9-19(23)24)21-16(14-7-3-1-4-8-14)13-20(25)27-18(21)12-15/h1,3-4,7-8,11-13,22H,2,5-6,9-10H2,(H,23,24). The molecule has 140 valence electrons. The predicted molar refractivity (Wildman–Crippen MR) is 101 cm³/mol. The lowest BCUT2D eigenvalue weighted by molar-refractivity contribution is -0.137. The van der Waals surface area contributed by atoms with Crippen LogP contribution in [0.5, 0.6) is 11.5 Å². The summed E-state index contributed by atoms with van der Waals surface area (Å²) in [5.74, 6) is -0.444. The van der Waals surface area contributed by atoms with Crippen molar-refractivity contribution in [3.05, 3.63) is 59.0 Å². The summed E-state index contributed by atoms with van der Waals surface area (Å²) in [5, 5.41) is 19.2. The second-order valence-electron chi connectivity index (χ2n) is 6.22. The summed E-state index contributed by atoms with van der Waals surface area (Å²) < 4.78 is 11.1. The molecule has 6 heteroatoms. The van der Waals surface area contributed by atoms with Gasteiger partial charge in [-0.2, -0.15) is 0 Å². The van der Waals surface area contributed by atoms with E-state index in [1.54, 1.807) is 0 Å². The fourth-order valence-corrected chi connectivity index (χ4v) is 2.95. The van der Waals surface area contributed by atoms with Crippen molar-refractivity contribution in [2.45, 2.75) is 25.7 Å². The van der Waals surface area contributed by atoms with Crippen molar-refractivity contribution in [2.24, 2.45) is 0 Å². The monoisotopic (exact) mass is 368 g/mol. The highest BCUT2D eigenvalue weighted by molar-refractivity contribution is 5.98. The number of carbonyl (C=O) groups is 1. The first kappa shape index (κ1) is 18.5. The Morgan fingerprint density at radius 3 is 2.56 bits per heavy atom. The van der Waals surface area contributed by atoms with E-state index in [0.29, 0.717) is 36.1 Å². The molecule has 1 heterocycles. The summed E-state index contributed by atoms with van der Waals surface area (Å²) >= 11 is 0. The molecule has 0 aliphatic rings. The molecule has 0 saturated carbocycles. The van der Waals surface area contributed by atoms with Crippen LogP contribution in [0.15, 0.2) is 57.7 Å². The molecule has 0 atom stereocenters. The van der Waals surface area contributed by atoms with Crippen LogP contribution in [0.25, 0.3) is 22.1 Å². The molecule has 0 spiro atoms. The molecular formula is C21H20O6. The van der Waals surface area contributed by atoms with E-state index in [1.807, 2.05) is 30.3 Å². The van der Waals surface area contributed by atoms with Gasteiger partial charge in [-0.25, -0.2) is 4.79 Å². The van der Waals surface area contributed by atoms with E-state index >= 15 is 0 Å². The summed E-state index contributed by atoms with van der Waals surface area (Å²) in [4.78, 5) is 22.5. The van der Waals surface area contributed by atoms with E-state index in [4.69, 9.17) is 14.3 Å². The minimum absolute atomic E-state index is 0.0586. The van der Waals surface area contributed by atoms with Gasteiger partial charge in [0.15, 0.2) is 0 Å². The molecule has 6 nitrogen and oxygen atoms in total. The second kappa shape index (κ2) is 8.40. The zero-order valence-corrected chi connectivity index (χ0v) is 14.7. The molecule has 0 aliphatic carbocycles. The van der Waals surface area contributed by atoms with Crippen molar-refractivity contribution in [2.75, 3.05) is 6.61 Å². The quantitative estimate of drug-likeness (QED) is 0.457. The number of aliphatic carboxylic acids is 1. The van der Waals surface area contributed by atoms with E-state index in [9.17, 15) is 14.7 Å². The van der Waals surface area contributed by atoms with Crippen LogP contribution in [0, 0.1) is 0 Å². The van der Waals surface area contributed by atoms with Crippen molar-refractivity contribution in [1.82, 2.24) is 0 Å². The fraction of sp³-hybridized carbons (Fsp3) is 0.238. The molecule has 0 radical (unpaired) electrons. The Bertz CT molecular complexity index is 991. The molecule has 0 fully saturated rings. The number of ether oxygens (including phenoxy) is 1. The molecule has 0 aliphatic heterocycles. The highest BCUT2D eigenvalue weighted by atomic mass is 16.5. The summed E-state index contributed by atoms with van der Waals surface area (Å²) in [6.45, 7) is 0.367. The number of hydrogen-bond acceptors (Lipinski definition) is 5. The maximum absolute atomic E-state index is 12.0. The van der Waals surface area contributed by atoms with Crippen LogP contribution in [0.4, 0.5) is 0 Å². The van der Waals surface area contributed by atoms with Gasteiger partial charge in [0.2, 0.25) is 0 Å². The van der Waals surface area contributed by atoms with Crippen LogP contribution >= 0.6 is 0 Å². The van der Waals surface area contributed by atoms with Gasteiger partial charge in [-0.1, -0.05) is 30.3 Å². The van der Waals surface area contributed by atoms with Crippen LogP contribution in [0.1, 0.15) is 25.7 Å². The highest BCUT2D eigenvalue weighted by Gasteiger charge is 2.15. The van der Waals surface area contributed by atoms with Gasteiger partial charge < -0.3 is 19.4 Å². The molecule has 3 aromatic rings. The molecule has 2 N–H and O–H groups in total. The average Bonchev–Trinajstić information content (AvgIpc) is 2.63. The Morgan fingerprint density at radius 2 is 1.81 bits per heavy atom. The average molecular weight is 368 g/mol. The van der Waals surface area contributed by atoms with Crippen molar-refractivity contribution in [3.63, 3.8) is 0 Å². The van der Waals surface area contributed by atoms with Crippen LogP contribution < -0.4 is 10.4 Å². The molecule has 1 aromatic heterocycles. The lowest BCUT2D eigenvalue weighted by Crippen LogP contribution is -2.02. The summed E-state index contributed by atoms with van der Waals surface area (Å²) in [7, 11) is 0. The van der Waals surface area contributed by atoms with E-state index < -0.39 is 11.6 Å². The molecular weight excluding hydrogens is 348 g/mol. The molecule has 3 rings (SSSR count). The molecule has 0 bridgehead atoms. The van der Waals surface area contributed by atoms with Gasteiger partial charge in [0, 0.05) is 30.2 Å². The second-order valence-corrected chi connectivity index (χ2v) is 6.22. The molecule has 27 heavy (non-hydrogen) atoms. The molecule has 2 aromatic carbocycles. The number of hydrogen-bond donors (Lipinski definition) is 2. The Balaban J connectivity index is 1.90. The number of phenolic OH excluding ortho intramolecular Hbond substituents is 1. The van der Waals surface area contributed by atoms with Crippen LogP contribution in [-0.2, 0) is 4.79 Å². The van der Waals surface area contributed by atoms with E-state index in [1.165, 1.54) is 18.2 Å². The zero-order chi connectivity index (χ0) is 19.2. The van der Waals surface area contributed by atoms with Crippen molar-refractivity contribution in [3.8, 4) is 22.6 Å². The number of phenols is 1. The highest BCUT2D eigenvalue weighted by Crippen LogP contribution is 2.37. The Hall–Kier alpha value is -3.28. The summed E-state index contributed by atoms with van der Waals surface area (Å²) in [6.07, 6.45) is 2.13. The Kier molecular flexibility index (Phi) is 5.76. The Morgan fingerprint density at radius 1 is 1.04 bits per heavy atom. The first-order chi connectivity index (χ1) is 13.0. The molecule has 0 unspecified atom stereocenters. The van der Waals surface area contributed by atoms with Gasteiger partial charge in [-0.3, -0.25) is 4.79 Å².